The number of para-hydroxylation sites is 1. The van der Waals surface area contributed by atoms with Gasteiger partial charge in [0, 0.05) is 24.4 Å². The number of aromatic nitrogens is 2. The van der Waals surface area contributed by atoms with Crippen LogP contribution in [0.4, 0.5) is 10.8 Å². The molecule has 0 bridgehead atoms. The number of hydrogen-bond donors (Lipinski definition) is 1. The van der Waals surface area contributed by atoms with E-state index < -0.39 is 5.92 Å². The van der Waals surface area contributed by atoms with Gasteiger partial charge in [0.1, 0.15) is 0 Å². The maximum atomic E-state index is 12.6. The van der Waals surface area contributed by atoms with Crippen LogP contribution < -0.4 is 10.2 Å². The van der Waals surface area contributed by atoms with Gasteiger partial charge in [-0.05, 0) is 17.7 Å². The first-order valence-electron chi connectivity index (χ1n) is 8.85. The van der Waals surface area contributed by atoms with Crippen molar-refractivity contribution >= 4 is 45.7 Å². The molecule has 142 valence electrons. The van der Waals surface area contributed by atoms with Gasteiger partial charge < -0.3 is 10.2 Å². The van der Waals surface area contributed by atoms with Crippen LogP contribution in [-0.2, 0) is 15.3 Å². The molecule has 1 aromatic heterocycles. The smallest absolute Gasteiger partial charge is 0.231 e. The maximum Gasteiger partial charge on any atom is 0.231 e. The van der Waals surface area contributed by atoms with E-state index in [4.69, 9.17) is 0 Å². The summed E-state index contributed by atoms with van der Waals surface area (Å²) < 4.78 is 0.799. The van der Waals surface area contributed by atoms with Gasteiger partial charge in [0.25, 0.3) is 0 Å². The molecule has 4 rings (SSSR count). The third-order valence-corrected chi connectivity index (χ3v) is 6.45. The van der Waals surface area contributed by atoms with Gasteiger partial charge in [0.2, 0.25) is 16.9 Å². The molecular weight excluding hydrogens is 392 g/mol. The average molecular weight is 411 g/mol. The van der Waals surface area contributed by atoms with Crippen LogP contribution >= 0.6 is 23.1 Å². The molecule has 3 aromatic rings. The van der Waals surface area contributed by atoms with E-state index in [0.29, 0.717) is 11.7 Å². The lowest BCUT2D eigenvalue weighted by molar-refractivity contribution is -0.122. The van der Waals surface area contributed by atoms with E-state index in [9.17, 15) is 9.59 Å². The standard InChI is InChI=1S/C20H18N4O2S2/c25-17-11-15(12-24(17)16-9-5-2-6-10-16)18(26)21-19-22-23-20(28-19)27-13-14-7-3-1-4-8-14/h1-10,15H,11-13H2,(H,21,22,26)/t15-/m0/s1. The second-order valence-electron chi connectivity index (χ2n) is 6.38. The summed E-state index contributed by atoms with van der Waals surface area (Å²) >= 11 is 2.93. The largest absolute Gasteiger partial charge is 0.312 e. The van der Waals surface area contributed by atoms with Crippen LogP contribution in [0, 0.1) is 5.92 Å². The Kier molecular flexibility index (Phi) is 5.68. The molecule has 0 aliphatic carbocycles. The Morgan fingerprint density at radius 1 is 1.11 bits per heavy atom. The second-order valence-corrected chi connectivity index (χ2v) is 8.58. The molecule has 0 saturated carbocycles. The number of benzene rings is 2. The number of nitrogens with one attached hydrogen (secondary N) is 1. The van der Waals surface area contributed by atoms with Crippen LogP contribution in [0.25, 0.3) is 0 Å². The summed E-state index contributed by atoms with van der Waals surface area (Å²) in [5, 5.41) is 11.5. The van der Waals surface area contributed by atoms with Crippen molar-refractivity contribution in [3.8, 4) is 0 Å². The average Bonchev–Trinajstić information content (AvgIpc) is 3.34. The minimum Gasteiger partial charge on any atom is -0.312 e. The third-order valence-electron chi connectivity index (χ3n) is 4.41. The monoisotopic (exact) mass is 410 g/mol. The highest BCUT2D eigenvalue weighted by atomic mass is 32.2. The highest BCUT2D eigenvalue weighted by Gasteiger charge is 2.35. The van der Waals surface area contributed by atoms with E-state index in [0.717, 1.165) is 15.8 Å². The summed E-state index contributed by atoms with van der Waals surface area (Å²) in [5.74, 6) is 0.175. The highest BCUT2D eigenvalue weighted by Crippen LogP contribution is 2.30. The van der Waals surface area contributed by atoms with Gasteiger partial charge in [0.05, 0.1) is 5.92 Å². The predicted octanol–water partition coefficient (Wildman–Crippen LogP) is 3.82. The molecule has 0 spiro atoms. The van der Waals surface area contributed by atoms with Crippen LogP contribution in [-0.4, -0.2) is 28.6 Å². The third kappa shape index (κ3) is 4.40. The van der Waals surface area contributed by atoms with Gasteiger partial charge in [-0.3, -0.25) is 9.59 Å². The Balaban J connectivity index is 1.33. The molecule has 1 aliphatic heterocycles. The molecule has 1 aliphatic rings. The summed E-state index contributed by atoms with van der Waals surface area (Å²) in [5.41, 5.74) is 2.03. The van der Waals surface area contributed by atoms with E-state index in [1.165, 1.54) is 16.9 Å². The molecule has 0 radical (unpaired) electrons. The lowest BCUT2D eigenvalue weighted by atomic mass is 10.1. The fourth-order valence-electron chi connectivity index (χ4n) is 2.99. The van der Waals surface area contributed by atoms with Crippen LogP contribution in [0.3, 0.4) is 0 Å². The van der Waals surface area contributed by atoms with Gasteiger partial charge >= 0.3 is 0 Å². The van der Waals surface area contributed by atoms with Crippen molar-refractivity contribution in [2.75, 3.05) is 16.8 Å². The Bertz CT molecular complexity index is 963. The minimum absolute atomic E-state index is 0.0391. The lowest BCUT2D eigenvalue weighted by Gasteiger charge is -2.16. The van der Waals surface area contributed by atoms with Gasteiger partial charge in [-0.1, -0.05) is 71.6 Å². The quantitative estimate of drug-likeness (QED) is 0.494. The van der Waals surface area contributed by atoms with E-state index in [1.807, 2.05) is 48.5 Å². The topological polar surface area (TPSA) is 75.2 Å². The van der Waals surface area contributed by atoms with Crippen LogP contribution in [0.15, 0.2) is 65.0 Å². The number of hydrogen-bond acceptors (Lipinski definition) is 6. The first kappa shape index (κ1) is 18.6. The number of amides is 2. The Hall–Kier alpha value is -2.71. The molecule has 1 atom stereocenters. The number of nitrogens with zero attached hydrogens (tertiary/aromatic N) is 3. The number of carbonyl (C=O) groups is 2. The first-order valence-corrected chi connectivity index (χ1v) is 10.7. The maximum absolute atomic E-state index is 12.6. The fourth-order valence-corrected chi connectivity index (χ4v) is 4.70. The summed E-state index contributed by atoms with van der Waals surface area (Å²) in [6.45, 7) is 0.378. The Morgan fingerprint density at radius 2 is 1.82 bits per heavy atom. The zero-order chi connectivity index (χ0) is 19.3. The fraction of sp³-hybridized carbons (Fsp3) is 0.200. The number of carbonyl (C=O) groups excluding carboxylic acids is 2. The lowest BCUT2D eigenvalue weighted by Crippen LogP contribution is -2.28. The SMILES string of the molecule is O=C(Nc1nnc(SCc2ccccc2)s1)[C@H]1CC(=O)N(c2ccccc2)C1. The summed E-state index contributed by atoms with van der Waals surface area (Å²) in [6.07, 6.45) is 0.204. The van der Waals surface area contributed by atoms with Crippen LogP contribution in [0.2, 0.25) is 0 Å². The van der Waals surface area contributed by atoms with E-state index in [2.05, 4.69) is 27.6 Å². The van der Waals surface area contributed by atoms with Crippen molar-refractivity contribution in [2.45, 2.75) is 16.5 Å². The molecule has 0 unspecified atom stereocenters. The van der Waals surface area contributed by atoms with Gasteiger partial charge in [0.15, 0.2) is 4.34 Å². The second kappa shape index (κ2) is 8.53. The normalized spacial score (nSPS) is 16.4. The minimum atomic E-state index is -0.392. The van der Waals surface area contributed by atoms with Crippen molar-refractivity contribution in [1.82, 2.24) is 10.2 Å². The summed E-state index contributed by atoms with van der Waals surface area (Å²) in [4.78, 5) is 26.5. The molecule has 2 amide bonds. The molecule has 6 nitrogen and oxygen atoms in total. The van der Waals surface area contributed by atoms with Gasteiger partial charge in [-0.25, -0.2) is 0 Å². The Morgan fingerprint density at radius 3 is 2.57 bits per heavy atom. The molecule has 2 heterocycles. The molecule has 8 heteroatoms. The van der Waals surface area contributed by atoms with Crippen LogP contribution in [0.5, 0.6) is 0 Å². The van der Waals surface area contributed by atoms with Gasteiger partial charge in [-0.15, -0.1) is 10.2 Å². The van der Waals surface area contributed by atoms with Crippen molar-refractivity contribution < 1.29 is 9.59 Å². The first-order chi connectivity index (χ1) is 13.7. The van der Waals surface area contributed by atoms with Crippen molar-refractivity contribution in [3.63, 3.8) is 0 Å². The van der Waals surface area contributed by atoms with Crippen molar-refractivity contribution in [1.29, 1.82) is 0 Å². The molecular formula is C20H18N4O2S2. The van der Waals surface area contributed by atoms with Gasteiger partial charge in [-0.2, -0.15) is 0 Å². The summed E-state index contributed by atoms with van der Waals surface area (Å²) in [6, 6.07) is 19.5. The number of anilines is 2. The molecule has 1 saturated heterocycles. The Labute approximate surface area is 171 Å². The zero-order valence-electron chi connectivity index (χ0n) is 14.9. The molecule has 1 N–H and O–H groups in total. The van der Waals surface area contributed by atoms with Crippen molar-refractivity contribution in [3.05, 3.63) is 66.2 Å². The zero-order valence-corrected chi connectivity index (χ0v) is 16.6. The molecule has 1 fully saturated rings. The number of thioether (sulfide) groups is 1. The van der Waals surface area contributed by atoms with E-state index in [-0.39, 0.29) is 18.2 Å². The summed E-state index contributed by atoms with van der Waals surface area (Å²) in [7, 11) is 0. The molecule has 2 aromatic carbocycles. The molecule has 28 heavy (non-hydrogen) atoms. The highest BCUT2D eigenvalue weighted by molar-refractivity contribution is 8.00. The van der Waals surface area contributed by atoms with E-state index in [1.54, 1.807) is 16.7 Å². The van der Waals surface area contributed by atoms with Crippen LogP contribution in [0.1, 0.15) is 12.0 Å². The number of rotatable bonds is 6. The van der Waals surface area contributed by atoms with Crippen molar-refractivity contribution in [2.24, 2.45) is 5.92 Å². The van der Waals surface area contributed by atoms with E-state index >= 15 is 0 Å². The predicted molar refractivity (Wildman–Crippen MR) is 111 cm³/mol.